The Hall–Kier alpha value is -1.50. The van der Waals surface area contributed by atoms with E-state index < -0.39 is 17.7 Å². The van der Waals surface area contributed by atoms with Crippen molar-refractivity contribution in [1.29, 1.82) is 0 Å². The van der Waals surface area contributed by atoms with Crippen molar-refractivity contribution in [3.8, 4) is 11.1 Å². The van der Waals surface area contributed by atoms with E-state index in [1.807, 2.05) is 24.3 Å². The standard InChI is InChI=1S/C19H25O6PS/c1-4-23-26(20,24-5-2)15-16-7-9-17(10-8-16)18-11-13-19(14-12-18)27(21,22)25-6-3/h7-14H,4-6,15H2,1-3H3. The van der Waals surface area contributed by atoms with Gasteiger partial charge < -0.3 is 9.05 Å². The molecule has 0 radical (unpaired) electrons. The van der Waals surface area contributed by atoms with Crippen molar-refractivity contribution in [2.24, 2.45) is 0 Å². The molecule has 0 atom stereocenters. The van der Waals surface area contributed by atoms with E-state index >= 15 is 0 Å². The molecule has 0 aliphatic heterocycles. The Labute approximate surface area is 161 Å². The van der Waals surface area contributed by atoms with Gasteiger partial charge in [-0.15, -0.1) is 0 Å². The minimum Gasteiger partial charge on any atom is -0.309 e. The zero-order valence-electron chi connectivity index (χ0n) is 15.8. The van der Waals surface area contributed by atoms with Crippen LogP contribution in [0.5, 0.6) is 0 Å². The fraction of sp³-hybridized carbons (Fsp3) is 0.368. The van der Waals surface area contributed by atoms with Crippen molar-refractivity contribution in [2.75, 3.05) is 19.8 Å². The third-order valence-electron chi connectivity index (χ3n) is 3.73. The molecule has 0 aliphatic rings. The Morgan fingerprint density at radius 2 is 1.26 bits per heavy atom. The lowest BCUT2D eigenvalue weighted by Crippen LogP contribution is -2.05. The van der Waals surface area contributed by atoms with Crippen LogP contribution in [0.1, 0.15) is 26.3 Å². The van der Waals surface area contributed by atoms with E-state index in [2.05, 4.69) is 0 Å². The van der Waals surface area contributed by atoms with Crippen LogP contribution in [0.15, 0.2) is 53.4 Å². The average Bonchev–Trinajstić information content (AvgIpc) is 2.63. The molecule has 6 nitrogen and oxygen atoms in total. The molecule has 2 rings (SSSR count). The van der Waals surface area contributed by atoms with E-state index in [0.717, 1.165) is 16.7 Å². The molecule has 27 heavy (non-hydrogen) atoms. The molecule has 0 aliphatic carbocycles. The molecule has 2 aromatic carbocycles. The van der Waals surface area contributed by atoms with Crippen molar-refractivity contribution >= 4 is 17.7 Å². The highest BCUT2D eigenvalue weighted by atomic mass is 32.2. The third-order valence-corrected chi connectivity index (χ3v) is 7.18. The number of benzene rings is 2. The van der Waals surface area contributed by atoms with Gasteiger partial charge in [0.05, 0.1) is 30.9 Å². The van der Waals surface area contributed by atoms with Gasteiger partial charge in [-0.2, -0.15) is 8.42 Å². The first-order chi connectivity index (χ1) is 12.8. The van der Waals surface area contributed by atoms with Gasteiger partial charge in [0.25, 0.3) is 10.1 Å². The molecular formula is C19H25O6PS. The Kier molecular flexibility index (Phi) is 7.77. The molecule has 0 amide bonds. The fourth-order valence-electron chi connectivity index (χ4n) is 2.59. The molecular weight excluding hydrogens is 387 g/mol. The van der Waals surface area contributed by atoms with Crippen LogP contribution in [0.3, 0.4) is 0 Å². The first-order valence-corrected chi connectivity index (χ1v) is 11.9. The van der Waals surface area contributed by atoms with Crippen LogP contribution < -0.4 is 0 Å². The monoisotopic (exact) mass is 412 g/mol. The quantitative estimate of drug-likeness (QED) is 0.410. The van der Waals surface area contributed by atoms with E-state index in [0.29, 0.717) is 13.2 Å². The molecule has 148 valence electrons. The molecule has 0 spiro atoms. The van der Waals surface area contributed by atoms with Gasteiger partial charge in [0.2, 0.25) is 0 Å². The smallest absolute Gasteiger partial charge is 0.309 e. The van der Waals surface area contributed by atoms with Gasteiger partial charge in [-0.05, 0) is 49.6 Å². The molecule has 8 heteroatoms. The normalized spacial score (nSPS) is 12.3. The highest BCUT2D eigenvalue weighted by Crippen LogP contribution is 2.51. The van der Waals surface area contributed by atoms with Crippen molar-refractivity contribution in [3.63, 3.8) is 0 Å². The first kappa shape index (κ1) is 21.8. The lowest BCUT2D eigenvalue weighted by Gasteiger charge is -2.17. The Morgan fingerprint density at radius 1 is 0.778 bits per heavy atom. The maximum Gasteiger partial charge on any atom is 0.335 e. The van der Waals surface area contributed by atoms with Gasteiger partial charge in [0, 0.05) is 0 Å². The van der Waals surface area contributed by atoms with Crippen LogP contribution in [0.25, 0.3) is 11.1 Å². The second kappa shape index (κ2) is 9.62. The summed E-state index contributed by atoms with van der Waals surface area (Å²) >= 11 is 0. The third kappa shape index (κ3) is 5.99. The Balaban J connectivity index is 2.16. The predicted molar refractivity (Wildman–Crippen MR) is 105 cm³/mol. The molecule has 0 bridgehead atoms. The van der Waals surface area contributed by atoms with E-state index in [1.54, 1.807) is 32.9 Å². The minimum absolute atomic E-state index is 0.0961. The number of hydrogen-bond donors (Lipinski definition) is 0. The molecule has 0 saturated heterocycles. The Morgan fingerprint density at radius 3 is 1.70 bits per heavy atom. The SMILES string of the molecule is CCOP(=O)(Cc1ccc(-c2ccc(S(=O)(=O)OCC)cc2)cc1)OCC. The van der Waals surface area contributed by atoms with E-state index in [-0.39, 0.29) is 17.7 Å². The predicted octanol–water partition coefficient (Wildman–Crippen LogP) is 4.84. The summed E-state index contributed by atoms with van der Waals surface area (Å²) in [4.78, 5) is 0.124. The van der Waals surface area contributed by atoms with Crippen molar-refractivity contribution in [2.45, 2.75) is 31.8 Å². The van der Waals surface area contributed by atoms with Crippen molar-refractivity contribution in [3.05, 3.63) is 54.1 Å². The van der Waals surface area contributed by atoms with Gasteiger partial charge in [-0.1, -0.05) is 36.4 Å². The maximum absolute atomic E-state index is 12.6. The zero-order chi connectivity index (χ0) is 19.9. The molecule has 0 saturated carbocycles. The van der Waals surface area contributed by atoms with E-state index in [9.17, 15) is 13.0 Å². The van der Waals surface area contributed by atoms with Gasteiger partial charge in [-0.3, -0.25) is 8.75 Å². The zero-order valence-corrected chi connectivity index (χ0v) is 17.5. The summed E-state index contributed by atoms with van der Waals surface area (Å²) in [5.74, 6) is 0. The minimum atomic E-state index is -3.71. The second-order valence-corrected chi connectivity index (χ2v) is 9.36. The molecule has 0 heterocycles. The Bertz CT molecular complexity index is 865. The topological polar surface area (TPSA) is 78.9 Å². The summed E-state index contributed by atoms with van der Waals surface area (Å²) in [6.45, 7) is 5.94. The summed E-state index contributed by atoms with van der Waals surface area (Å²) in [6, 6.07) is 14.0. The largest absolute Gasteiger partial charge is 0.335 e. The molecule has 0 N–H and O–H groups in total. The van der Waals surface area contributed by atoms with E-state index in [1.165, 1.54) is 12.1 Å². The van der Waals surface area contributed by atoms with Crippen LogP contribution in [0, 0.1) is 0 Å². The van der Waals surface area contributed by atoms with Gasteiger partial charge in [-0.25, -0.2) is 0 Å². The number of hydrogen-bond acceptors (Lipinski definition) is 6. The van der Waals surface area contributed by atoms with Gasteiger partial charge >= 0.3 is 7.60 Å². The van der Waals surface area contributed by atoms with Crippen LogP contribution in [-0.4, -0.2) is 28.2 Å². The highest BCUT2D eigenvalue weighted by molar-refractivity contribution is 7.86. The average molecular weight is 412 g/mol. The van der Waals surface area contributed by atoms with Crippen molar-refractivity contribution < 1.29 is 26.2 Å². The summed E-state index contributed by atoms with van der Waals surface area (Å²) in [5, 5.41) is 0. The van der Waals surface area contributed by atoms with Crippen molar-refractivity contribution in [1.82, 2.24) is 0 Å². The molecule has 2 aromatic rings. The fourth-order valence-corrected chi connectivity index (χ4v) is 5.20. The lowest BCUT2D eigenvalue weighted by molar-refractivity contribution is 0.219. The van der Waals surface area contributed by atoms with Crippen LogP contribution in [0.2, 0.25) is 0 Å². The second-order valence-electron chi connectivity index (χ2n) is 5.69. The highest BCUT2D eigenvalue weighted by Gasteiger charge is 2.24. The van der Waals surface area contributed by atoms with Gasteiger partial charge in [0.15, 0.2) is 0 Å². The molecule has 0 aromatic heterocycles. The summed E-state index contributed by atoms with van der Waals surface area (Å²) in [5.41, 5.74) is 2.64. The van der Waals surface area contributed by atoms with Crippen LogP contribution in [0.4, 0.5) is 0 Å². The first-order valence-electron chi connectivity index (χ1n) is 8.80. The molecule has 0 fully saturated rings. The number of rotatable bonds is 10. The maximum atomic E-state index is 12.6. The van der Waals surface area contributed by atoms with E-state index in [4.69, 9.17) is 13.2 Å². The van der Waals surface area contributed by atoms with Crippen LogP contribution >= 0.6 is 7.60 Å². The van der Waals surface area contributed by atoms with Gasteiger partial charge in [0.1, 0.15) is 0 Å². The summed E-state index contributed by atoms with van der Waals surface area (Å²) in [7, 11) is -6.85. The summed E-state index contributed by atoms with van der Waals surface area (Å²) in [6.07, 6.45) is 0.209. The van der Waals surface area contributed by atoms with Crippen LogP contribution in [-0.2, 0) is 34.1 Å². The lowest BCUT2D eigenvalue weighted by atomic mass is 10.0. The molecule has 0 unspecified atom stereocenters. The summed E-state index contributed by atoms with van der Waals surface area (Å²) < 4.78 is 51.8.